The number of aliphatic carboxylic acids is 1. The van der Waals surface area contributed by atoms with E-state index >= 15 is 0 Å². The number of nitrogens with zero attached hydrogens (tertiary/aromatic N) is 3. The highest BCUT2D eigenvalue weighted by Gasteiger charge is 2.22. The van der Waals surface area contributed by atoms with E-state index in [4.69, 9.17) is 5.11 Å². The molecule has 2 heterocycles. The first-order chi connectivity index (χ1) is 9.16. The van der Waals surface area contributed by atoms with Crippen molar-refractivity contribution in [2.75, 3.05) is 0 Å². The summed E-state index contributed by atoms with van der Waals surface area (Å²) in [5.41, 5.74) is 0.685. The van der Waals surface area contributed by atoms with Gasteiger partial charge in [-0.2, -0.15) is 0 Å². The number of H-pyrrole nitrogens is 1. The van der Waals surface area contributed by atoms with Crippen LogP contribution < -0.4 is 5.32 Å². The van der Waals surface area contributed by atoms with Crippen molar-refractivity contribution in [3.05, 3.63) is 42.5 Å². The summed E-state index contributed by atoms with van der Waals surface area (Å²) in [5.74, 6) is -1.72. The molecule has 1 atom stereocenters. The second kappa shape index (κ2) is 5.71. The number of carboxylic acid groups (broad SMARTS) is 1. The van der Waals surface area contributed by atoms with E-state index in [0.29, 0.717) is 5.69 Å². The second-order valence-electron chi connectivity index (χ2n) is 3.74. The Balaban J connectivity index is 2.05. The SMILES string of the molecule is O=C(NC(Cc1cnc[nH]1)C(=O)O)c1cnccn1. The Morgan fingerprint density at radius 2 is 2.16 bits per heavy atom. The fourth-order valence-electron chi connectivity index (χ4n) is 1.46. The lowest BCUT2D eigenvalue weighted by Crippen LogP contribution is -2.42. The maximum absolute atomic E-state index is 11.8. The van der Waals surface area contributed by atoms with Gasteiger partial charge in [-0.05, 0) is 0 Å². The van der Waals surface area contributed by atoms with Gasteiger partial charge in [0.15, 0.2) is 0 Å². The van der Waals surface area contributed by atoms with Crippen LogP contribution in [0.4, 0.5) is 0 Å². The smallest absolute Gasteiger partial charge is 0.326 e. The van der Waals surface area contributed by atoms with E-state index in [1.165, 1.54) is 31.1 Å². The van der Waals surface area contributed by atoms with Crippen LogP contribution in [0.25, 0.3) is 0 Å². The number of hydrogen-bond donors (Lipinski definition) is 3. The van der Waals surface area contributed by atoms with Crippen molar-refractivity contribution in [3.63, 3.8) is 0 Å². The summed E-state index contributed by atoms with van der Waals surface area (Å²) in [7, 11) is 0. The van der Waals surface area contributed by atoms with Crippen LogP contribution in [0.15, 0.2) is 31.1 Å². The first-order valence-electron chi connectivity index (χ1n) is 5.43. The topological polar surface area (TPSA) is 121 Å². The fraction of sp³-hybridized carbons (Fsp3) is 0.182. The van der Waals surface area contributed by atoms with Gasteiger partial charge in [-0.3, -0.25) is 9.78 Å². The molecule has 98 valence electrons. The number of imidazole rings is 1. The molecule has 0 saturated carbocycles. The molecule has 2 rings (SSSR count). The van der Waals surface area contributed by atoms with E-state index in [-0.39, 0.29) is 12.1 Å². The Hall–Kier alpha value is -2.77. The van der Waals surface area contributed by atoms with Gasteiger partial charge in [-0.25, -0.2) is 14.8 Å². The highest BCUT2D eigenvalue weighted by Crippen LogP contribution is 2.00. The van der Waals surface area contributed by atoms with E-state index < -0.39 is 17.9 Å². The normalized spacial score (nSPS) is 11.8. The van der Waals surface area contributed by atoms with Crippen LogP contribution in [0, 0.1) is 0 Å². The molecular formula is C11H11N5O3. The van der Waals surface area contributed by atoms with Gasteiger partial charge in [0.2, 0.25) is 0 Å². The second-order valence-corrected chi connectivity index (χ2v) is 3.74. The third kappa shape index (κ3) is 3.35. The minimum Gasteiger partial charge on any atom is -0.480 e. The molecule has 0 saturated heterocycles. The number of amides is 1. The Morgan fingerprint density at radius 1 is 1.32 bits per heavy atom. The average Bonchev–Trinajstić information content (AvgIpc) is 2.91. The van der Waals surface area contributed by atoms with Crippen LogP contribution in [-0.4, -0.2) is 43.0 Å². The summed E-state index contributed by atoms with van der Waals surface area (Å²) in [6.07, 6.45) is 7.12. The minimum absolute atomic E-state index is 0.0679. The summed E-state index contributed by atoms with van der Waals surface area (Å²) in [6, 6.07) is -1.06. The van der Waals surface area contributed by atoms with Crippen LogP contribution in [0.1, 0.15) is 16.2 Å². The quantitative estimate of drug-likeness (QED) is 0.675. The Kier molecular flexibility index (Phi) is 3.81. The molecule has 0 aliphatic heterocycles. The van der Waals surface area contributed by atoms with Gasteiger partial charge in [0.1, 0.15) is 11.7 Å². The van der Waals surface area contributed by atoms with Crippen molar-refractivity contribution in [1.29, 1.82) is 0 Å². The third-order valence-corrected chi connectivity index (χ3v) is 2.38. The Labute approximate surface area is 107 Å². The number of rotatable bonds is 5. The number of hydrogen-bond acceptors (Lipinski definition) is 5. The molecule has 0 aliphatic carbocycles. The number of aromatic amines is 1. The van der Waals surface area contributed by atoms with E-state index in [0.717, 1.165) is 0 Å². The van der Waals surface area contributed by atoms with Gasteiger partial charge in [0.05, 0.1) is 12.5 Å². The highest BCUT2D eigenvalue weighted by molar-refractivity contribution is 5.94. The van der Waals surface area contributed by atoms with Crippen molar-refractivity contribution >= 4 is 11.9 Å². The first kappa shape index (κ1) is 12.7. The maximum atomic E-state index is 11.8. The van der Waals surface area contributed by atoms with Crippen LogP contribution in [0.3, 0.4) is 0 Å². The van der Waals surface area contributed by atoms with E-state index in [1.807, 2.05) is 0 Å². The lowest BCUT2D eigenvalue weighted by molar-refractivity contribution is -0.139. The van der Waals surface area contributed by atoms with Crippen molar-refractivity contribution in [2.24, 2.45) is 0 Å². The summed E-state index contributed by atoms with van der Waals surface area (Å²) in [4.78, 5) is 37.0. The van der Waals surface area contributed by atoms with Crippen LogP contribution in [0.5, 0.6) is 0 Å². The van der Waals surface area contributed by atoms with E-state index in [2.05, 4.69) is 25.3 Å². The van der Waals surface area contributed by atoms with Crippen LogP contribution in [-0.2, 0) is 11.2 Å². The summed E-state index contributed by atoms with van der Waals surface area (Å²) < 4.78 is 0. The van der Waals surface area contributed by atoms with Crippen molar-refractivity contribution in [2.45, 2.75) is 12.5 Å². The Bertz CT molecular complexity index is 555. The van der Waals surface area contributed by atoms with Crippen molar-refractivity contribution in [1.82, 2.24) is 25.3 Å². The summed E-state index contributed by atoms with van der Waals surface area (Å²) >= 11 is 0. The summed E-state index contributed by atoms with van der Waals surface area (Å²) in [6.45, 7) is 0. The molecule has 0 radical (unpaired) electrons. The largest absolute Gasteiger partial charge is 0.480 e. The fourth-order valence-corrected chi connectivity index (χ4v) is 1.46. The highest BCUT2D eigenvalue weighted by atomic mass is 16.4. The van der Waals surface area contributed by atoms with Gasteiger partial charge in [-0.1, -0.05) is 0 Å². The van der Waals surface area contributed by atoms with E-state index in [9.17, 15) is 9.59 Å². The molecular weight excluding hydrogens is 250 g/mol. The van der Waals surface area contributed by atoms with Gasteiger partial charge in [-0.15, -0.1) is 0 Å². The number of carboxylic acids is 1. The number of aromatic nitrogens is 4. The van der Waals surface area contributed by atoms with Crippen molar-refractivity contribution in [3.8, 4) is 0 Å². The maximum Gasteiger partial charge on any atom is 0.326 e. The lowest BCUT2D eigenvalue weighted by atomic mass is 10.1. The number of carbonyl (C=O) groups is 2. The zero-order valence-corrected chi connectivity index (χ0v) is 9.78. The summed E-state index contributed by atoms with van der Waals surface area (Å²) in [5, 5.41) is 11.5. The molecule has 0 aliphatic rings. The zero-order chi connectivity index (χ0) is 13.7. The molecule has 3 N–H and O–H groups in total. The average molecular weight is 261 g/mol. The third-order valence-electron chi connectivity index (χ3n) is 2.38. The number of nitrogens with one attached hydrogen (secondary N) is 2. The van der Waals surface area contributed by atoms with Gasteiger partial charge < -0.3 is 15.4 Å². The van der Waals surface area contributed by atoms with Crippen molar-refractivity contribution < 1.29 is 14.7 Å². The lowest BCUT2D eigenvalue weighted by Gasteiger charge is -2.12. The van der Waals surface area contributed by atoms with Gasteiger partial charge >= 0.3 is 5.97 Å². The number of carbonyl (C=O) groups excluding carboxylic acids is 1. The van der Waals surface area contributed by atoms with Crippen LogP contribution >= 0.6 is 0 Å². The molecule has 19 heavy (non-hydrogen) atoms. The van der Waals surface area contributed by atoms with Gasteiger partial charge in [0.25, 0.3) is 5.91 Å². The Morgan fingerprint density at radius 3 is 2.74 bits per heavy atom. The predicted octanol–water partition coefficient (Wildman–Crippen LogP) is -0.375. The monoisotopic (exact) mass is 261 g/mol. The molecule has 0 spiro atoms. The van der Waals surface area contributed by atoms with Crippen LogP contribution in [0.2, 0.25) is 0 Å². The molecule has 8 heteroatoms. The van der Waals surface area contributed by atoms with E-state index in [1.54, 1.807) is 0 Å². The molecule has 0 fully saturated rings. The molecule has 0 bridgehead atoms. The molecule has 0 aromatic carbocycles. The molecule has 1 unspecified atom stereocenters. The molecule has 1 amide bonds. The minimum atomic E-state index is -1.13. The molecule has 8 nitrogen and oxygen atoms in total. The molecule has 2 aromatic rings. The molecule has 2 aromatic heterocycles. The zero-order valence-electron chi connectivity index (χ0n) is 9.78. The van der Waals surface area contributed by atoms with Gasteiger partial charge in [0, 0.05) is 30.7 Å². The standard InChI is InChI=1S/C11H11N5O3/c17-10(9-5-12-1-2-14-9)16-8(11(18)19)3-7-4-13-6-15-7/h1-2,4-6,8H,3H2,(H,13,15)(H,16,17)(H,18,19). The predicted molar refractivity (Wildman–Crippen MR) is 63.2 cm³/mol. The first-order valence-corrected chi connectivity index (χ1v) is 5.43.